The standard InChI is InChI=1S/C24H30N2O3S/c1-17(2)25-23(28)24(16-26(12-13-29-24)22(27)20-5-3-6-20)15-18-8-10-19(11-9-18)21-7-4-14-30-21/h4,7-11,14,17,20H,3,5-6,12-13,15-16H2,1-2H3,(H,25,28)/t24-/m1/s1. The molecule has 0 bridgehead atoms. The van der Waals surface area contributed by atoms with Crippen molar-refractivity contribution in [1.82, 2.24) is 10.2 Å². The summed E-state index contributed by atoms with van der Waals surface area (Å²) in [6, 6.07) is 12.5. The van der Waals surface area contributed by atoms with Gasteiger partial charge in [0.25, 0.3) is 5.91 Å². The van der Waals surface area contributed by atoms with E-state index < -0.39 is 5.60 Å². The van der Waals surface area contributed by atoms with Crippen LogP contribution < -0.4 is 5.32 Å². The fourth-order valence-corrected chi connectivity index (χ4v) is 4.90. The summed E-state index contributed by atoms with van der Waals surface area (Å²) in [5, 5.41) is 5.09. The lowest BCUT2D eigenvalue weighted by atomic mass is 9.83. The van der Waals surface area contributed by atoms with Crippen LogP contribution in [0.4, 0.5) is 0 Å². The summed E-state index contributed by atoms with van der Waals surface area (Å²) in [6.07, 6.45) is 3.50. The fourth-order valence-electron chi connectivity index (χ4n) is 4.16. The molecule has 1 aromatic carbocycles. The Balaban J connectivity index is 1.56. The number of amides is 2. The van der Waals surface area contributed by atoms with E-state index in [1.165, 1.54) is 10.4 Å². The zero-order chi connectivity index (χ0) is 21.1. The van der Waals surface area contributed by atoms with E-state index in [0.29, 0.717) is 26.1 Å². The summed E-state index contributed by atoms with van der Waals surface area (Å²) in [5.74, 6) is 0.171. The summed E-state index contributed by atoms with van der Waals surface area (Å²) >= 11 is 1.71. The Hall–Kier alpha value is -2.18. The molecule has 1 saturated heterocycles. The number of hydrogen-bond donors (Lipinski definition) is 1. The van der Waals surface area contributed by atoms with Crippen LogP contribution in [0.1, 0.15) is 38.7 Å². The molecule has 4 rings (SSSR count). The monoisotopic (exact) mass is 426 g/mol. The molecule has 2 heterocycles. The Morgan fingerprint density at radius 1 is 1.23 bits per heavy atom. The molecule has 1 aliphatic heterocycles. The molecular formula is C24H30N2O3S. The van der Waals surface area contributed by atoms with Crippen molar-refractivity contribution in [2.24, 2.45) is 5.92 Å². The molecule has 6 heteroatoms. The molecule has 2 aliphatic rings. The number of ether oxygens (including phenoxy) is 1. The van der Waals surface area contributed by atoms with Crippen LogP contribution >= 0.6 is 11.3 Å². The third-order valence-corrected chi connectivity index (χ3v) is 6.95. The van der Waals surface area contributed by atoms with Crippen LogP contribution in [0, 0.1) is 5.92 Å². The van der Waals surface area contributed by atoms with Gasteiger partial charge in [-0.05, 0) is 49.3 Å². The van der Waals surface area contributed by atoms with Gasteiger partial charge in [0.2, 0.25) is 5.91 Å². The van der Waals surface area contributed by atoms with Gasteiger partial charge in [-0.2, -0.15) is 0 Å². The third kappa shape index (κ3) is 4.44. The van der Waals surface area contributed by atoms with E-state index in [1.807, 2.05) is 24.8 Å². The number of nitrogens with zero attached hydrogens (tertiary/aromatic N) is 1. The first-order chi connectivity index (χ1) is 14.5. The van der Waals surface area contributed by atoms with Crippen molar-refractivity contribution in [3.05, 3.63) is 47.3 Å². The van der Waals surface area contributed by atoms with Crippen LogP contribution in [0.3, 0.4) is 0 Å². The van der Waals surface area contributed by atoms with E-state index in [1.54, 1.807) is 11.3 Å². The first-order valence-electron chi connectivity index (χ1n) is 10.8. The number of carbonyl (C=O) groups excluding carboxylic acids is 2. The van der Waals surface area contributed by atoms with Gasteiger partial charge in [-0.3, -0.25) is 9.59 Å². The van der Waals surface area contributed by atoms with Crippen LogP contribution in [0.5, 0.6) is 0 Å². The van der Waals surface area contributed by atoms with Crippen molar-refractivity contribution in [2.45, 2.75) is 51.2 Å². The molecule has 1 N–H and O–H groups in total. The van der Waals surface area contributed by atoms with Crippen molar-refractivity contribution in [3.63, 3.8) is 0 Å². The fraction of sp³-hybridized carbons (Fsp3) is 0.500. The lowest BCUT2D eigenvalue weighted by Gasteiger charge is -2.43. The van der Waals surface area contributed by atoms with Gasteiger partial charge in [0.15, 0.2) is 5.60 Å². The molecule has 0 spiro atoms. The van der Waals surface area contributed by atoms with Crippen LogP contribution in [-0.2, 0) is 20.7 Å². The van der Waals surface area contributed by atoms with Crippen LogP contribution in [0.25, 0.3) is 10.4 Å². The van der Waals surface area contributed by atoms with E-state index in [0.717, 1.165) is 24.8 Å². The molecule has 1 atom stereocenters. The molecule has 5 nitrogen and oxygen atoms in total. The highest BCUT2D eigenvalue weighted by Gasteiger charge is 2.46. The van der Waals surface area contributed by atoms with Gasteiger partial charge in [-0.25, -0.2) is 0 Å². The quantitative estimate of drug-likeness (QED) is 0.763. The third-order valence-electron chi connectivity index (χ3n) is 6.03. The highest BCUT2D eigenvalue weighted by atomic mass is 32.1. The lowest BCUT2D eigenvalue weighted by Crippen LogP contribution is -2.63. The zero-order valence-electron chi connectivity index (χ0n) is 17.7. The molecule has 0 radical (unpaired) electrons. The Labute approximate surface area is 182 Å². The molecule has 2 fully saturated rings. The number of benzene rings is 1. The molecule has 1 saturated carbocycles. The number of hydrogen-bond acceptors (Lipinski definition) is 4. The molecule has 1 aliphatic carbocycles. The molecule has 2 amide bonds. The second-order valence-electron chi connectivity index (χ2n) is 8.71. The van der Waals surface area contributed by atoms with Crippen molar-refractivity contribution < 1.29 is 14.3 Å². The van der Waals surface area contributed by atoms with Crippen LogP contribution in [0.2, 0.25) is 0 Å². The Morgan fingerprint density at radius 2 is 2.00 bits per heavy atom. The van der Waals surface area contributed by atoms with Crippen LogP contribution in [-0.4, -0.2) is 48.1 Å². The predicted molar refractivity (Wildman–Crippen MR) is 119 cm³/mol. The largest absolute Gasteiger partial charge is 0.361 e. The predicted octanol–water partition coefficient (Wildman–Crippen LogP) is 3.88. The Kier molecular flexibility index (Phi) is 6.25. The van der Waals surface area contributed by atoms with Crippen molar-refractivity contribution in [1.29, 1.82) is 0 Å². The van der Waals surface area contributed by atoms with E-state index in [9.17, 15) is 9.59 Å². The minimum absolute atomic E-state index is 0.0110. The minimum Gasteiger partial charge on any atom is -0.361 e. The van der Waals surface area contributed by atoms with E-state index >= 15 is 0 Å². The summed E-state index contributed by atoms with van der Waals surface area (Å²) in [6.45, 7) is 5.15. The van der Waals surface area contributed by atoms with E-state index in [4.69, 9.17) is 4.74 Å². The minimum atomic E-state index is -1.05. The maximum atomic E-state index is 13.2. The first-order valence-corrected chi connectivity index (χ1v) is 11.7. The summed E-state index contributed by atoms with van der Waals surface area (Å²) in [4.78, 5) is 29.2. The average Bonchev–Trinajstić information content (AvgIpc) is 3.21. The average molecular weight is 427 g/mol. The maximum Gasteiger partial charge on any atom is 0.254 e. The topological polar surface area (TPSA) is 58.6 Å². The molecule has 30 heavy (non-hydrogen) atoms. The van der Waals surface area contributed by atoms with Crippen molar-refractivity contribution in [3.8, 4) is 10.4 Å². The summed E-state index contributed by atoms with van der Waals surface area (Å²) < 4.78 is 6.14. The van der Waals surface area contributed by atoms with E-state index in [-0.39, 0.29) is 23.8 Å². The number of morpholine rings is 1. The van der Waals surface area contributed by atoms with Crippen molar-refractivity contribution >= 4 is 23.2 Å². The van der Waals surface area contributed by atoms with Crippen molar-refractivity contribution in [2.75, 3.05) is 19.7 Å². The molecule has 160 valence electrons. The molecule has 1 aromatic heterocycles. The van der Waals surface area contributed by atoms with Gasteiger partial charge >= 0.3 is 0 Å². The van der Waals surface area contributed by atoms with Gasteiger partial charge in [0.05, 0.1) is 13.2 Å². The number of rotatable bonds is 6. The molecular weight excluding hydrogens is 396 g/mol. The smallest absolute Gasteiger partial charge is 0.254 e. The number of thiophene rings is 1. The molecule has 0 unspecified atom stereocenters. The number of nitrogens with one attached hydrogen (secondary N) is 1. The molecule has 2 aromatic rings. The second-order valence-corrected chi connectivity index (χ2v) is 9.66. The zero-order valence-corrected chi connectivity index (χ0v) is 18.5. The highest BCUT2D eigenvalue weighted by molar-refractivity contribution is 7.13. The second kappa shape index (κ2) is 8.90. The van der Waals surface area contributed by atoms with Crippen LogP contribution in [0.15, 0.2) is 41.8 Å². The van der Waals surface area contributed by atoms with Gasteiger partial charge < -0.3 is 15.0 Å². The van der Waals surface area contributed by atoms with Gasteiger partial charge in [-0.1, -0.05) is 36.8 Å². The SMILES string of the molecule is CC(C)NC(=O)[C@@]1(Cc2ccc(-c3cccs3)cc2)CN(C(=O)C2CCC2)CCO1. The van der Waals surface area contributed by atoms with E-state index in [2.05, 4.69) is 41.0 Å². The normalized spacial score (nSPS) is 22.0. The summed E-state index contributed by atoms with van der Waals surface area (Å²) in [5.41, 5.74) is 1.15. The van der Waals surface area contributed by atoms with Gasteiger partial charge in [0, 0.05) is 29.8 Å². The van der Waals surface area contributed by atoms with Gasteiger partial charge in [0.1, 0.15) is 0 Å². The number of carbonyl (C=O) groups is 2. The highest BCUT2D eigenvalue weighted by Crippen LogP contribution is 2.32. The maximum absolute atomic E-state index is 13.2. The summed E-state index contributed by atoms with van der Waals surface area (Å²) in [7, 11) is 0. The first kappa shape index (κ1) is 21.1. The lowest BCUT2D eigenvalue weighted by molar-refractivity contribution is -0.169. The Morgan fingerprint density at radius 3 is 2.60 bits per heavy atom. The Bertz CT molecular complexity index is 874. The van der Waals surface area contributed by atoms with Gasteiger partial charge in [-0.15, -0.1) is 11.3 Å².